The summed E-state index contributed by atoms with van der Waals surface area (Å²) in [6, 6.07) is 14.9. The van der Waals surface area contributed by atoms with E-state index in [0.29, 0.717) is 10.5 Å². The largest absolute Gasteiger partial charge is 0.464 e. The molecular formula is C15H12N2O4S. The second kappa shape index (κ2) is 7.37. The van der Waals surface area contributed by atoms with Gasteiger partial charge in [0.1, 0.15) is 0 Å². The minimum Gasteiger partial charge on any atom is -0.464 e. The number of nitro groups is 1. The van der Waals surface area contributed by atoms with Crippen LogP contribution in [0.2, 0.25) is 0 Å². The first kappa shape index (κ1) is 15.7. The maximum Gasteiger partial charge on any atom is 0.357 e. The van der Waals surface area contributed by atoms with E-state index >= 15 is 0 Å². The summed E-state index contributed by atoms with van der Waals surface area (Å²) in [6.07, 6.45) is 0. The average Bonchev–Trinajstić information content (AvgIpc) is 2.56. The third-order valence-electron chi connectivity index (χ3n) is 2.72. The van der Waals surface area contributed by atoms with Gasteiger partial charge < -0.3 is 4.74 Å². The first-order valence-electron chi connectivity index (χ1n) is 6.25. The zero-order valence-electron chi connectivity index (χ0n) is 11.6. The van der Waals surface area contributed by atoms with Gasteiger partial charge in [0, 0.05) is 34.5 Å². The van der Waals surface area contributed by atoms with Crippen molar-refractivity contribution in [1.82, 2.24) is 0 Å². The van der Waals surface area contributed by atoms with Crippen LogP contribution in [0.1, 0.15) is 5.56 Å². The van der Waals surface area contributed by atoms with Crippen LogP contribution in [0.15, 0.2) is 63.9 Å². The molecule has 0 radical (unpaired) electrons. The lowest BCUT2D eigenvalue weighted by atomic mass is 10.1. The first-order chi connectivity index (χ1) is 10.6. The number of carbonyl (C=O) groups is 1. The van der Waals surface area contributed by atoms with Crippen molar-refractivity contribution < 1.29 is 14.5 Å². The van der Waals surface area contributed by atoms with E-state index in [0.717, 1.165) is 11.9 Å². The van der Waals surface area contributed by atoms with E-state index < -0.39 is 10.9 Å². The average molecular weight is 316 g/mol. The Kier molecular flexibility index (Phi) is 5.26. The fraction of sp³-hybridized carbons (Fsp3) is 0.0667. The summed E-state index contributed by atoms with van der Waals surface area (Å²) in [6.45, 7) is 0. The minimum absolute atomic E-state index is 0.00424. The van der Waals surface area contributed by atoms with Gasteiger partial charge in [-0.2, -0.15) is 0 Å². The second-order valence-corrected chi connectivity index (χ2v) is 4.98. The molecule has 0 atom stereocenters. The maximum atomic E-state index is 11.8. The van der Waals surface area contributed by atoms with E-state index in [9.17, 15) is 14.9 Å². The minimum atomic E-state index is -0.541. The van der Waals surface area contributed by atoms with Crippen molar-refractivity contribution in [2.45, 2.75) is 4.90 Å². The monoisotopic (exact) mass is 316 g/mol. The summed E-state index contributed by atoms with van der Waals surface area (Å²) in [5, 5.41) is 10.6. The van der Waals surface area contributed by atoms with Crippen molar-refractivity contribution in [3.63, 3.8) is 0 Å². The number of rotatable bonds is 5. The molecule has 2 aromatic rings. The number of hydrogen-bond donors (Lipinski definition) is 0. The van der Waals surface area contributed by atoms with Gasteiger partial charge >= 0.3 is 5.97 Å². The van der Waals surface area contributed by atoms with Gasteiger partial charge in [-0.3, -0.25) is 10.1 Å². The van der Waals surface area contributed by atoms with Crippen LogP contribution in [-0.4, -0.2) is 23.7 Å². The van der Waals surface area contributed by atoms with E-state index in [1.54, 1.807) is 36.4 Å². The third kappa shape index (κ3) is 3.92. The summed E-state index contributed by atoms with van der Waals surface area (Å²) in [7, 11) is 1.29. The van der Waals surface area contributed by atoms with Crippen LogP contribution < -0.4 is 0 Å². The molecule has 0 aliphatic carbocycles. The van der Waals surface area contributed by atoms with Crippen molar-refractivity contribution in [3.8, 4) is 0 Å². The molecule has 0 heterocycles. The van der Waals surface area contributed by atoms with E-state index in [2.05, 4.69) is 4.40 Å². The number of ether oxygens (including phenoxy) is 1. The number of hydrogen-bond acceptors (Lipinski definition) is 6. The number of non-ortho nitro benzene ring substituents is 1. The molecule has 0 aliphatic heterocycles. The highest BCUT2D eigenvalue weighted by molar-refractivity contribution is 7.98. The van der Waals surface area contributed by atoms with Crippen LogP contribution in [-0.2, 0) is 9.53 Å². The van der Waals surface area contributed by atoms with Crippen molar-refractivity contribution >= 4 is 29.3 Å². The molecular weight excluding hydrogens is 304 g/mol. The van der Waals surface area contributed by atoms with Gasteiger partial charge in [0.05, 0.1) is 12.0 Å². The maximum absolute atomic E-state index is 11.8. The number of methoxy groups -OCH3 is 1. The van der Waals surface area contributed by atoms with E-state index in [1.807, 2.05) is 6.07 Å². The number of esters is 1. The predicted octanol–water partition coefficient (Wildman–Crippen LogP) is 3.26. The van der Waals surface area contributed by atoms with Crippen LogP contribution in [0.5, 0.6) is 0 Å². The molecule has 0 aliphatic rings. The fourth-order valence-electron chi connectivity index (χ4n) is 1.63. The Hall–Kier alpha value is -2.67. The topological polar surface area (TPSA) is 81.8 Å². The SMILES string of the molecule is COC(=O)/C(=N/Sc1ccc([N+](=O)[O-])cc1)c1ccccc1. The van der Waals surface area contributed by atoms with Crippen molar-refractivity contribution in [1.29, 1.82) is 0 Å². The quantitative estimate of drug-likeness (QED) is 0.278. The number of nitro benzene ring substituents is 1. The molecule has 7 heteroatoms. The summed E-state index contributed by atoms with van der Waals surface area (Å²) in [5.74, 6) is -0.541. The highest BCUT2D eigenvalue weighted by Crippen LogP contribution is 2.23. The molecule has 0 saturated carbocycles. The van der Waals surface area contributed by atoms with Gasteiger partial charge in [-0.1, -0.05) is 30.3 Å². The molecule has 0 bridgehead atoms. The standard InChI is InChI=1S/C15H12N2O4S/c1-21-15(18)14(11-5-3-2-4-6-11)16-22-13-9-7-12(8-10-13)17(19)20/h2-10H,1H3/b16-14+. The Morgan fingerprint density at radius 3 is 2.32 bits per heavy atom. The van der Waals surface area contributed by atoms with Crippen LogP contribution in [0, 0.1) is 10.1 Å². The van der Waals surface area contributed by atoms with E-state index in [-0.39, 0.29) is 11.4 Å². The Balaban J connectivity index is 2.23. The first-order valence-corrected chi connectivity index (χ1v) is 7.02. The molecule has 6 nitrogen and oxygen atoms in total. The molecule has 2 rings (SSSR count). The molecule has 0 saturated heterocycles. The predicted molar refractivity (Wildman–Crippen MR) is 83.9 cm³/mol. The summed E-state index contributed by atoms with van der Waals surface area (Å²) < 4.78 is 8.93. The van der Waals surface area contributed by atoms with E-state index in [4.69, 9.17) is 4.74 Å². The lowest BCUT2D eigenvalue weighted by Crippen LogP contribution is -2.16. The normalized spacial score (nSPS) is 11.0. The smallest absolute Gasteiger partial charge is 0.357 e. The second-order valence-electron chi connectivity index (χ2n) is 4.14. The van der Waals surface area contributed by atoms with Crippen LogP contribution in [0.4, 0.5) is 5.69 Å². The Bertz CT molecular complexity index is 699. The van der Waals surface area contributed by atoms with Crippen molar-refractivity contribution in [2.75, 3.05) is 7.11 Å². The Labute approximate surface area is 131 Å². The number of carbonyl (C=O) groups excluding carboxylic acids is 1. The third-order valence-corrected chi connectivity index (χ3v) is 3.47. The summed E-state index contributed by atoms with van der Waals surface area (Å²) in [5.41, 5.74) is 0.833. The van der Waals surface area contributed by atoms with Crippen LogP contribution in [0.25, 0.3) is 0 Å². The molecule has 0 unspecified atom stereocenters. The molecule has 22 heavy (non-hydrogen) atoms. The Morgan fingerprint density at radius 2 is 1.77 bits per heavy atom. The lowest BCUT2D eigenvalue weighted by Gasteiger charge is -2.04. The molecule has 0 spiro atoms. The molecule has 0 N–H and O–H groups in total. The number of benzene rings is 2. The highest BCUT2D eigenvalue weighted by Gasteiger charge is 2.14. The van der Waals surface area contributed by atoms with Crippen LogP contribution >= 0.6 is 11.9 Å². The van der Waals surface area contributed by atoms with Crippen LogP contribution in [0.3, 0.4) is 0 Å². The van der Waals surface area contributed by atoms with Gasteiger partial charge in [-0.05, 0) is 12.1 Å². The molecule has 0 aromatic heterocycles. The van der Waals surface area contributed by atoms with Gasteiger partial charge in [0.2, 0.25) is 0 Å². The van der Waals surface area contributed by atoms with Gasteiger partial charge in [0.25, 0.3) is 5.69 Å². The number of nitrogens with zero attached hydrogens (tertiary/aromatic N) is 2. The van der Waals surface area contributed by atoms with Gasteiger partial charge in [-0.25, -0.2) is 9.19 Å². The molecule has 2 aromatic carbocycles. The zero-order valence-corrected chi connectivity index (χ0v) is 12.4. The molecule has 112 valence electrons. The zero-order chi connectivity index (χ0) is 15.9. The fourth-order valence-corrected chi connectivity index (χ4v) is 2.26. The summed E-state index contributed by atoms with van der Waals surface area (Å²) in [4.78, 5) is 22.6. The van der Waals surface area contributed by atoms with Gasteiger partial charge in [0.15, 0.2) is 5.71 Å². The Morgan fingerprint density at radius 1 is 1.14 bits per heavy atom. The van der Waals surface area contributed by atoms with Crippen molar-refractivity contribution in [3.05, 3.63) is 70.3 Å². The molecule has 0 amide bonds. The summed E-state index contributed by atoms with van der Waals surface area (Å²) >= 11 is 1.05. The van der Waals surface area contributed by atoms with E-state index in [1.165, 1.54) is 19.2 Å². The lowest BCUT2D eigenvalue weighted by molar-refractivity contribution is -0.384. The highest BCUT2D eigenvalue weighted by atomic mass is 32.2. The molecule has 0 fully saturated rings. The van der Waals surface area contributed by atoms with Crippen molar-refractivity contribution in [2.24, 2.45) is 4.40 Å². The van der Waals surface area contributed by atoms with Gasteiger partial charge in [-0.15, -0.1) is 0 Å².